The van der Waals surface area contributed by atoms with Gasteiger partial charge in [0, 0.05) is 11.5 Å². The van der Waals surface area contributed by atoms with Crippen LogP contribution in [0.4, 0.5) is 0 Å². The fourth-order valence-electron chi connectivity index (χ4n) is 1.96. The van der Waals surface area contributed by atoms with Crippen molar-refractivity contribution in [3.05, 3.63) is 45.8 Å². The number of fused-ring (bicyclic) bond motifs is 1. The van der Waals surface area contributed by atoms with E-state index < -0.39 is 0 Å². The van der Waals surface area contributed by atoms with Gasteiger partial charge in [0.15, 0.2) is 0 Å². The minimum atomic E-state index is -0.371. The Morgan fingerprint density at radius 1 is 1.47 bits per heavy atom. The molecular formula is C16H14O3. The van der Waals surface area contributed by atoms with Crippen LogP contribution in [0.15, 0.2) is 33.5 Å². The normalized spacial score (nSPS) is 10.8. The number of terminal acetylenes is 1. The molecule has 19 heavy (non-hydrogen) atoms. The molecule has 0 unspecified atom stereocenters. The van der Waals surface area contributed by atoms with E-state index in [2.05, 4.69) is 5.92 Å². The molecule has 3 nitrogen and oxygen atoms in total. The van der Waals surface area contributed by atoms with Gasteiger partial charge in [0.25, 0.3) is 0 Å². The van der Waals surface area contributed by atoms with Gasteiger partial charge in [0.1, 0.15) is 17.9 Å². The second-order valence-electron chi connectivity index (χ2n) is 4.10. The van der Waals surface area contributed by atoms with Gasteiger partial charge in [-0.1, -0.05) is 18.1 Å². The van der Waals surface area contributed by atoms with Gasteiger partial charge < -0.3 is 9.15 Å². The lowest BCUT2D eigenvalue weighted by Crippen LogP contribution is -2.01. The zero-order valence-electron chi connectivity index (χ0n) is 10.9. The van der Waals surface area contributed by atoms with Crippen molar-refractivity contribution in [1.29, 1.82) is 0 Å². The first kappa shape index (κ1) is 13.0. The summed E-state index contributed by atoms with van der Waals surface area (Å²) in [4.78, 5) is 11.5. The summed E-state index contributed by atoms with van der Waals surface area (Å²) in [5, 5.41) is 0.890. The maximum Gasteiger partial charge on any atom is 0.336 e. The Hall–Kier alpha value is -2.47. The highest BCUT2D eigenvalue weighted by Gasteiger charge is 2.11. The summed E-state index contributed by atoms with van der Waals surface area (Å²) >= 11 is 0. The van der Waals surface area contributed by atoms with Crippen LogP contribution in [0.3, 0.4) is 0 Å². The summed E-state index contributed by atoms with van der Waals surface area (Å²) < 4.78 is 10.8. The summed E-state index contributed by atoms with van der Waals surface area (Å²) in [5.74, 6) is 3.03. The molecule has 2 rings (SSSR count). The molecule has 0 bridgehead atoms. The molecule has 0 spiro atoms. The summed E-state index contributed by atoms with van der Waals surface area (Å²) in [6.45, 7) is 3.93. The van der Waals surface area contributed by atoms with Crippen LogP contribution in [-0.2, 0) is 0 Å². The second kappa shape index (κ2) is 5.45. The monoisotopic (exact) mass is 254 g/mol. The largest absolute Gasteiger partial charge is 0.480 e. The third kappa shape index (κ3) is 2.53. The first-order chi connectivity index (χ1) is 9.17. The predicted molar refractivity (Wildman–Crippen MR) is 76.3 cm³/mol. The summed E-state index contributed by atoms with van der Waals surface area (Å²) in [6, 6.07) is 5.18. The molecule has 0 amide bonds. The maximum atomic E-state index is 11.5. The third-order valence-corrected chi connectivity index (χ3v) is 2.76. The zero-order valence-corrected chi connectivity index (χ0v) is 10.9. The highest BCUT2D eigenvalue weighted by atomic mass is 16.5. The lowest BCUT2D eigenvalue weighted by molar-refractivity contribution is 0.369. The molecule has 0 aliphatic heterocycles. The Balaban J connectivity index is 2.76. The molecule has 0 aliphatic rings. The molecule has 1 heterocycles. The number of ether oxygens (including phenoxy) is 1. The number of hydrogen-bond donors (Lipinski definition) is 0. The van der Waals surface area contributed by atoms with Crippen LogP contribution in [0.2, 0.25) is 0 Å². The van der Waals surface area contributed by atoms with Crippen molar-refractivity contribution in [2.24, 2.45) is 0 Å². The van der Waals surface area contributed by atoms with E-state index in [0.29, 0.717) is 11.3 Å². The molecule has 0 radical (unpaired) electrons. The van der Waals surface area contributed by atoms with Gasteiger partial charge in [0.2, 0.25) is 0 Å². The molecule has 0 atom stereocenters. The van der Waals surface area contributed by atoms with Crippen molar-refractivity contribution >= 4 is 17.0 Å². The van der Waals surface area contributed by atoms with Gasteiger partial charge in [-0.15, -0.1) is 6.42 Å². The third-order valence-electron chi connectivity index (χ3n) is 2.76. The van der Waals surface area contributed by atoms with E-state index >= 15 is 0 Å². The van der Waals surface area contributed by atoms with Crippen molar-refractivity contribution in [2.75, 3.05) is 6.61 Å². The van der Waals surface area contributed by atoms with E-state index in [1.807, 2.05) is 38.1 Å². The molecule has 1 aromatic carbocycles. The van der Waals surface area contributed by atoms with Crippen LogP contribution in [0.5, 0.6) is 5.75 Å². The number of benzene rings is 1. The Kier molecular flexibility index (Phi) is 3.72. The van der Waals surface area contributed by atoms with E-state index in [1.54, 1.807) is 0 Å². The molecule has 0 saturated carbocycles. The van der Waals surface area contributed by atoms with Crippen molar-refractivity contribution < 1.29 is 9.15 Å². The lowest BCUT2D eigenvalue weighted by Gasteiger charge is -2.10. The summed E-state index contributed by atoms with van der Waals surface area (Å²) in [5.41, 5.74) is 1.76. The maximum absolute atomic E-state index is 11.5. The number of rotatable bonds is 3. The fraction of sp³-hybridized carbons (Fsp3) is 0.188. The van der Waals surface area contributed by atoms with Crippen molar-refractivity contribution in [3.8, 4) is 18.1 Å². The highest BCUT2D eigenvalue weighted by molar-refractivity contribution is 5.90. The molecule has 96 valence electrons. The Labute approximate surface area is 111 Å². The Morgan fingerprint density at radius 2 is 2.26 bits per heavy atom. The van der Waals surface area contributed by atoms with Crippen LogP contribution in [-0.4, -0.2) is 6.61 Å². The zero-order chi connectivity index (χ0) is 13.8. The average molecular weight is 254 g/mol. The number of aryl methyl sites for hydroxylation is 1. The van der Waals surface area contributed by atoms with Gasteiger partial charge >= 0.3 is 5.63 Å². The quantitative estimate of drug-likeness (QED) is 0.624. The summed E-state index contributed by atoms with van der Waals surface area (Å²) in [7, 11) is 0. The predicted octanol–water partition coefficient (Wildman–Crippen LogP) is 3.15. The second-order valence-corrected chi connectivity index (χ2v) is 4.10. The standard InChI is InChI=1S/C16H14O3/c1-4-6-13-14(18-9-5-2)8-7-12-11(3)10-15(17)19-16(12)13/h2,4,6-8,10H,9H2,1,3H3/b6-4+. The molecule has 0 saturated heterocycles. The van der Waals surface area contributed by atoms with Gasteiger partial charge in [-0.3, -0.25) is 0 Å². The number of allylic oxidation sites excluding steroid dienone is 1. The molecule has 1 aromatic heterocycles. The molecule has 0 fully saturated rings. The van der Waals surface area contributed by atoms with Gasteiger partial charge in [-0.2, -0.15) is 0 Å². The van der Waals surface area contributed by atoms with Crippen LogP contribution in [0, 0.1) is 19.3 Å². The highest BCUT2D eigenvalue weighted by Crippen LogP contribution is 2.30. The average Bonchev–Trinajstić information content (AvgIpc) is 2.38. The van der Waals surface area contributed by atoms with Gasteiger partial charge in [-0.05, 0) is 31.5 Å². The van der Waals surface area contributed by atoms with Crippen LogP contribution in [0.1, 0.15) is 18.1 Å². The van der Waals surface area contributed by atoms with Crippen molar-refractivity contribution in [2.45, 2.75) is 13.8 Å². The van der Waals surface area contributed by atoms with E-state index in [1.165, 1.54) is 6.07 Å². The van der Waals surface area contributed by atoms with Crippen molar-refractivity contribution in [1.82, 2.24) is 0 Å². The molecule has 0 N–H and O–H groups in total. The van der Waals surface area contributed by atoms with E-state index in [4.69, 9.17) is 15.6 Å². The van der Waals surface area contributed by atoms with Crippen LogP contribution < -0.4 is 10.4 Å². The van der Waals surface area contributed by atoms with Gasteiger partial charge in [0.05, 0.1) is 5.56 Å². The van der Waals surface area contributed by atoms with Crippen LogP contribution in [0.25, 0.3) is 17.0 Å². The SMILES string of the molecule is C#CCOc1ccc2c(C)cc(=O)oc2c1/C=C/C. The Bertz CT molecular complexity index is 730. The molecular weight excluding hydrogens is 240 g/mol. The minimum absolute atomic E-state index is 0.173. The lowest BCUT2D eigenvalue weighted by atomic mass is 10.1. The molecule has 3 heteroatoms. The minimum Gasteiger partial charge on any atom is -0.480 e. The van der Waals surface area contributed by atoms with Gasteiger partial charge in [-0.25, -0.2) is 4.79 Å². The topological polar surface area (TPSA) is 39.4 Å². The smallest absolute Gasteiger partial charge is 0.336 e. The van der Waals surface area contributed by atoms with E-state index in [9.17, 15) is 4.79 Å². The molecule has 2 aromatic rings. The first-order valence-corrected chi connectivity index (χ1v) is 5.93. The molecule has 0 aliphatic carbocycles. The summed E-state index contributed by atoms with van der Waals surface area (Å²) in [6.07, 6.45) is 8.90. The van der Waals surface area contributed by atoms with E-state index in [-0.39, 0.29) is 12.2 Å². The first-order valence-electron chi connectivity index (χ1n) is 5.93. The fourth-order valence-corrected chi connectivity index (χ4v) is 1.96. The number of hydrogen-bond acceptors (Lipinski definition) is 3. The Morgan fingerprint density at radius 3 is 2.95 bits per heavy atom. The van der Waals surface area contributed by atoms with Crippen LogP contribution >= 0.6 is 0 Å². The van der Waals surface area contributed by atoms with E-state index in [0.717, 1.165) is 16.5 Å². The van der Waals surface area contributed by atoms with Crippen molar-refractivity contribution in [3.63, 3.8) is 0 Å².